The third kappa shape index (κ3) is 3.16. The van der Waals surface area contributed by atoms with Crippen molar-refractivity contribution in [2.45, 2.75) is 84.1 Å². The van der Waals surface area contributed by atoms with E-state index < -0.39 is 0 Å². The molecular weight excluding hydrogens is 274 g/mol. The zero-order chi connectivity index (χ0) is 15.9. The number of thioether (sulfide) groups is 1. The highest BCUT2D eigenvalue weighted by molar-refractivity contribution is 8.00. The van der Waals surface area contributed by atoms with Crippen molar-refractivity contribution >= 4 is 11.8 Å². The SMILES string of the molecule is Cc1nc(C(C)C)c2c(c1C)[C@H](C)S[C@H](C)CC2C(C)C. The van der Waals surface area contributed by atoms with Crippen molar-refractivity contribution < 1.29 is 0 Å². The molecule has 118 valence electrons. The second kappa shape index (κ2) is 6.32. The first-order valence-corrected chi connectivity index (χ1v) is 9.34. The smallest absolute Gasteiger partial charge is 0.0470 e. The van der Waals surface area contributed by atoms with Crippen molar-refractivity contribution in [1.29, 1.82) is 0 Å². The van der Waals surface area contributed by atoms with E-state index in [0.29, 0.717) is 23.0 Å². The Labute approximate surface area is 135 Å². The highest BCUT2D eigenvalue weighted by Gasteiger charge is 2.33. The summed E-state index contributed by atoms with van der Waals surface area (Å²) in [5, 5.41) is 1.30. The maximum absolute atomic E-state index is 5.01. The molecule has 0 amide bonds. The molecule has 2 rings (SSSR count). The van der Waals surface area contributed by atoms with Crippen LogP contribution in [0.3, 0.4) is 0 Å². The Morgan fingerprint density at radius 2 is 1.67 bits per heavy atom. The van der Waals surface area contributed by atoms with Crippen molar-refractivity contribution in [1.82, 2.24) is 4.98 Å². The van der Waals surface area contributed by atoms with Gasteiger partial charge in [-0.3, -0.25) is 4.98 Å². The van der Waals surface area contributed by atoms with Gasteiger partial charge in [-0.1, -0.05) is 34.6 Å². The zero-order valence-electron chi connectivity index (χ0n) is 14.9. The monoisotopic (exact) mass is 305 g/mol. The Kier molecular flexibility index (Phi) is 5.07. The van der Waals surface area contributed by atoms with E-state index in [1.54, 1.807) is 11.1 Å². The van der Waals surface area contributed by atoms with E-state index in [9.17, 15) is 0 Å². The van der Waals surface area contributed by atoms with Gasteiger partial charge in [0.25, 0.3) is 0 Å². The standard InChI is InChI=1S/C19H31NS/c1-10(2)16-9-12(5)21-15(8)17-13(6)14(7)20-19(11(3)4)18(16)17/h10-12,15-16H,9H2,1-8H3/t12-,15+,16?/m1/s1. The van der Waals surface area contributed by atoms with Gasteiger partial charge >= 0.3 is 0 Å². The summed E-state index contributed by atoms with van der Waals surface area (Å²) in [6, 6.07) is 0. The van der Waals surface area contributed by atoms with E-state index in [1.807, 2.05) is 0 Å². The van der Waals surface area contributed by atoms with Gasteiger partial charge in [0.2, 0.25) is 0 Å². The summed E-state index contributed by atoms with van der Waals surface area (Å²) in [6.45, 7) is 18.6. The normalized spacial score (nSPS) is 26.1. The molecule has 0 saturated carbocycles. The van der Waals surface area contributed by atoms with Gasteiger partial charge in [0.1, 0.15) is 0 Å². The summed E-state index contributed by atoms with van der Waals surface area (Å²) < 4.78 is 0. The summed E-state index contributed by atoms with van der Waals surface area (Å²) in [5.41, 5.74) is 7.19. The maximum Gasteiger partial charge on any atom is 0.0470 e. The Morgan fingerprint density at radius 3 is 2.19 bits per heavy atom. The first kappa shape index (κ1) is 16.9. The molecule has 0 fully saturated rings. The van der Waals surface area contributed by atoms with Gasteiger partial charge in [-0.15, -0.1) is 0 Å². The number of hydrogen-bond donors (Lipinski definition) is 0. The van der Waals surface area contributed by atoms with Crippen molar-refractivity contribution in [2.24, 2.45) is 5.92 Å². The molecule has 1 aromatic heterocycles. The summed E-state index contributed by atoms with van der Waals surface area (Å²) in [4.78, 5) is 5.01. The summed E-state index contributed by atoms with van der Waals surface area (Å²) in [7, 11) is 0. The molecule has 0 spiro atoms. The molecule has 0 bridgehead atoms. The molecule has 0 aromatic carbocycles. The van der Waals surface area contributed by atoms with Crippen LogP contribution in [0.25, 0.3) is 0 Å². The lowest BCUT2D eigenvalue weighted by Gasteiger charge is -2.28. The van der Waals surface area contributed by atoms with Crippen LogP contribution in [0.5, 0.6) is 0 Å². The number of nitrogens with zero attached hydrogens (tertiary/aromatic N) is 1. The molecule has 0 radical (unpaired) electrons. The second-order valence-electron chi connectivity index (χ2n) is 7.36. The van der Waals surface area contributed by atoms with Crippen molar-refractivity contribution in [2.75, 3.05) is 0 Å². The molecule has 1 aliphatic rings. The summed E-state index contributed by atoms with van der Waals surface area (Å²) >= 11 is 2.14. The van der Waals surface area contributed by atoms with Crippen LogP contribution in [0.15, 0.2) is 0 Å². The number of hydrogen-bond acceptors (Lipinski definition) is 2. The fraction of sp³-hybridized carbons (Fsp3) is 0.737. The van der Waals surface area contributed by atoms with E-state index in [2.05, 4.69) is 67.2 Å². The number of fused-ring (bicyclic) bond motifs is 1. The lowest BCUT2D eigenvalue weighted by molar-refractivity contribution is 0.461. The highest BCUT2D eigenvalue weighted by Crippen LogP contribution is 2.49. The third-order valence-electron chi connectivity index (χ3n) is 4.95. The minimum atomic E-state index is 0.505. The fourth-order valence-corrected chi connectivity index (χ4v) is 5.22. The van der Waals surface area contributed by atoms with Crippen molar-refractivity contribution in [3.8, 4) is 0 Å². The van der Waals surface area contributed by atoms with Gasteiger partial charge in [-0.25, -0.2) is 0 Å². The van der Waals surface area contributed by atoms with E-state index >= 15 is 0 Å². The molecule has 1 unspecified atom stereocenters. The van der Waals surface area contributed by atoms with Crippen LogP contribution in [0.1, 0.15) is 93.1 Å². The van der Waals surface area contributed by atoms with Gasteiger partial charge in [0.15, 0.2) is 0 Å². The van der Waals surface area contributed by atoms with Crippen molar-refractivity contribution in [3.63, 3.8) is 0 Å². The van der Waals surface area contributed by atoms with Crippen LogP contribution >= 0.6 is 11.8 Å². The Bertz CT molecular complexity index is 519. The Hall–Kier alpha value is -0.500. The molecular formula is C19H31NS. The van der Waals surface area contributed by atoms with Gasteiger partial charge < -0.3 is 0 Å². The molecule has 0 saturated heterocycles. The molecule has 1 nitrogen and oxygen atoms in total. The lowest BCUT2D eigenvalue weighted by atomic mass is 9.78. The van der Waals surface area contributed by atoms with E-state index in [1.165, 1.54) is 23.4 Å². The van der Waals surface area contributed by atoms with E-state index in [0.717, 1.165) is 5.25 Å². The van der Waals surface area contributed by atoms with Gasteiger partial charge in [0.05, 0.1) is 0 Å². The number of rotatable bonds is 2. The van der Waals surface area contributed by atoms with Crippen LogP contribution in [0, 0.1) is 19.8 Å². The van der Waals surface area contributed by atoms with Crippen LogP contribution < -0.4 is 0 Å². The van der Waals surface area contributed by atoms with Crippen LogP contribution in [0.4, 0.5) is 0 Å². The molecule has 2 heterocycles. The molecule has 2 heteroatoms. The van der Waals surface area contributed by atoms with Gasteiger partial charge in [0, 0.05) is 21.9 Å². The molecule has 1 aliphatic heterocycles. The Balaban J connectivity index is 2.77. The quantitative estimate of drug-likeness (QED) is 0.650. The van der Waals surface area contributed by atoms with Crippen molar-refractivity contribution in [3.05, 3.63) is 28.1 Å². The van der Waals surface area contributed by atoms with E-state index in [4.69, 9.17) is 4.98 Å². The average Bonchev–Trinajstić information content (AvgIpc) is 2.50. The summed E-state index contributed by atoms with van der Waals surface area (Å²) in [6.07, 6.45) is 1.28. The first-order valence-electron chi connectivity index (χ1n) is 8.40. The second-order valence-corrected chi connectivity index (χ2v) is 9.15. The first-order chi connectivity index (χ1) is 9.73. The average molecular weight is 306 g/mol. The Morgan fingerprint density at radius 1 is 1.05 bits per heavy atom. The third-order valence-corrected chi connectivity index (χ3v) is 6.25. The molecule has 0 N–H and O–H groups in total. The number of aromatic nitrogens is 1. The molecule has 1 aromatic rings. The highest BCUT2D eigenvalue weighted by atomic mass is 32.2. The number of aryl methyl sites for hydroxylation is 1. The predicted molar refractivity (Wildman–Crippen MR) is 95.5 cm³/mol. The minimum absolute atomic E-state index is 0.505. The zero-order valence-corrected chi connectivity index (χ0v) is 15.8. The maximum atomic E-state index is 5.01. The van der Waals surface area contributed by atoms with E-state index in [-0.39, 0.29) is 0 Å². The van der Waals surface area contributed by atoms with Gasteiger partial charge in [-0.2, -0.15) is 11.8 Å². The van der Waals surface area contributed by atoms with Crippen LogP contribution in [-0.2, 0) is 0 Å². The largest absolute Gasteiger partial charge is 0.257 e. The fourth-order valence-electron chi connectivity index (χ4n) is 3.77. The molecule has 21 heavy (non-hydrogen) atoms. The molecule has 0 aliphatic carbocycles. The lowest BCUT2D eigenvalue weighted by Crippen LogP contribution is -2.17. The van der Waals surface area contributed by atoms with Crippen LogP contribution in [-0.4, -0.2) is 10.2 Å². The van der Waals surface area contributed by atoms with Crippen LogP contribution in [0.2, 0.25) is 0 Å². The minimum Gasteiger partial charge on any atom is -0.257 e. The van der Waals surface area contributed by atoms with Gasteiger partial charge in [-0.05, 0) is 61.6 Å². The predicted octanol–water partition coefficient (Wildman–Crippen LogP) is 6.15. The summed E-state index contributed by atoms with van der Waals surface area (Å²) in [5.74, 6) is 1.83. The molecule has 3 atom stereocenters. The number of pyridine rings is 1. The topological polar surface area (TPSA) is 12.9 Å².